The summed E-state index contributed by atoms with van der Waals surface area (Å²) in [7, 11) is 0. The topological polar surface area (TPSA) is 20.3 Å². The summed E-state index contributed by atoms with van der Waals surface area (Å²) in [6.45, 7) is 4.39. The predicted molar refractivity (Wildman–Crippen MR) is 61.9 cm³/mol. The molecule has 1 aliphatic carbocycles. The van der Waals surface area contributed by atoms with Crippen LogP contribution in [-0.2, 0) is 4.79 Å². The third-order valence-electron chi connectivity index (χ3n) is 4.26. The molecule has 2 rings (SSSR count). The molecule has 0 spiro atoms. The monoisotopic (exact) mass is 209 g/mol. The van der Waals surface area contributed by atoms with Crippen molar-refractivity contribution in [1.82, 2.24) is 4.90 Å². The molecule has 1 saturated heterocycles. The SMILES string of the molecule is CC(C1CCCCC1)N1CCC(=O)CC1. The number of piperidine rings is 1. The molecule has 1 saturated carbocycles. The molecule has 2 aliphatic rings. The van der Waals surface area contributed by atoms with Gasteiger partial charge in [-0.2, -0.15) is 0 Å². The fraction of sp³-hybridized carbons (Fsp3) is 0.923. The maximum atomic E-state index is 11.2. The van der Waals surface area contributed by atoms with Crippen molar-refractivity contribution in [2.45, 2.75) is 57.9 Å². The fourth-order valence-electron chi connectivity index (χ4n) is 3.10. The van der Waals surface area contributed by atoms with Gasteiger partial charge in [-0.25, -0.2) is 0 Å². The Hall–Kier alpha value is -0.370. The number of carbonyl (C=O) groups is 1. The van der Waals surface area contributed by atoms with Crippen molar-refractivity contribution in [1.29, 1.82) is 0 Å². The second kappa shape index (κ2) is 5.11. The summed E-state index contributed by atoms with van der Waals surface area (Å²) < 4.78 is 0. The van der Waals surface area contributed by atoms with Gasteiger partial charge in [0.1, 0.15) is 5.78 Å². The summed E-state index contributed by atoms with van der Waals surface area (Å²) in [4.78, 5) is 13.7. The minimum atomic E-state index is 0.460. The molecule has 2 heteroatoms. The summed E-state index contributed by atoms with van der Waals surface area (Å²) in [5, 5.41) is 0. The molecule has 1 atom stereocenters. The van der Waals surface area contributed by atoms with E-state index in [0.717, 1.165) is 31.8 Å². The Labute approximate surface area is 93.0 Å². The lowest BCUT2D eigenvalue weighted by Gasteiger charge is -2.38. The third-order valence-corrected chi connectivity index (χ3v) is 4.26. The molecule has 86 valence electrons. The molecule has 15 heavy (non-hydrogen) atoms. The van der Waals surface area contributed by atoms with Gasteiger partial charge in [0.05, 0.1) is 0 Å². The lowest BCUT2D eigenvalue weighted by molar-refractivity contribution is -0.122. The average molecular weight is 209 g/mol. The van der Waals surface area contributed by atoms with Crippen LogP contribution in [0.1, 0.15) is 51.9 Å². The highest BCUT2D eigenvalue weighted by molar-refractivity contribution is 5.79. The van der Waals surface area contributed by atoms with E-state index in [2.05, 4.69) is 11.8 Å². The highest BCUT2D eigenvalue weighted by Gasteiger charge is 2.27. The molecule has 0 aromatic rings. The maximum Gasteiger partial charge on any atom is 0.135 e. The molecule has 0 N–H and O–H groups in total. The number of rotatable bonds is 2. The Morgan fingerprint density at radius 3 is 2.33 bits per heavy atom. The van der Waals surface area contributed by atoms with Gasteiger partial charge in [0.25, 0.3) is 0 Å². The molecule has 0 aromatic heterocycles. The van der Waals surface area contributed by atoms with Crippen molar-refractivity contribution in [3.8, 4) is 0 Å². The van der Waals surface area contributed by atoms with Crippen LogP contribution in [0.3, 0.4) is 0 Å². The standard InChI is InChI=1S/C13H23NO/c1-11(12-5-3-2-4-6-12)14-9-7-13(15)8-10-14/h11-12H,2-10H2,1H3. The van der Waals surface area contributed by atoms with Gasteiger partial charge in [-0.05, 0) is 25.7 Å². The first kappa shape index (κ1) is 11.1. The normalized spacial score (nSPS) is 27.9. The largest absolute Gasteiger partial charge is 0.300 e. The molecule has 0 amide bonds. The highest BCUT2D eigenvalue weighted by atomic mass is 16.1. The minimum Gasteiger partial charge on any atom is -0.300 e. The van der Waals surface area contributed by atoms with Crippen LogP contribution in [0.15, 0.2) is 0 Å². The molecule has 2 fully saturated rings. The average Bonchev–Trinajstić information content (AvgIpc) is 2.30. The van der Waals surface area contributed by atoms with Gasteiger partial charge < -0.3 is 0 Å². The lowest BCUT2D eigenvalue weighted by Crippen LogP contribution is -2.44. The Kier molecular flexibility index (Phi) is 3.79. The van der Waals surface area contributed by atoms with Crippen LogP contribution in [0, 0.1) is 5.92 Å². The van der Waals surface area contributed by atoms with Gasteiger partial charge in [0, 0.05) is 32.0 Å². The Balaban J connectivity index is 1.83. The number of hydrogen-bond donors (Lipinski definition) is 0. The van der Waals surface area contributed by atoms with E-state index < -0.39 is 0 Å². The van der Waals surface area contributed by atoms with Crippen molar-refractivity contribution in [3.05, 3.63) is 0 Å². The van der Waals surface area contributed by atoms with Crippen LogP contribution < -0.4 is 0 Å². The third kappa shape index (κ3) is 2.81. The number of hydrogen-bond acceptors (Lipinski definition) is 2. The van der Waals surface area contributed by atoms with Gasteiger partial charge in [0.2, 0.25) is 0 Å². The van der Waals surface area contributed by atoms with Gasteiger partial charge in [-0.3, -0.25) is 9.69 Å². The van der Waals surface area contributed by atoms with Crippen molar-refractivity contribution in [2.75, 3.05) is 13.1 Å². The highest BCUT2D eigenvalue weighted by Crippen LogP contribution is 2.29. The number of carbonyl (C=O) groups excluding carboxylic acids is 1. The van der Waals surface area contributed by atoms with Crippen molar-refractivity contribution in [2.24, 2.45) is 5.92 Å². The number of likely N-dealkylation sites (tertiary alicyclic amines) is 1. The summed E-state index contributed by atoms with van der Waals surface area (Å²) in [5.74, 6) is 1.36. The molecule has 1 aliphatic heterocycles. The van der Waals surface area contributed by atoms with Gasteiger partial charge in [0.15, 0.2) is 0 Å². The van der Waals surface area contributed by atoms with E-state index >= 15 is 0 Å². The van der Waals surface area contributed by atoms with Crippen LogP contribution in [-0.4, -0.2) is 29.8 Å². The van der Waals surface area contributed by atoms with E-state index in [0.29, 0.717) is 11.8 Å². The Bertz CT molecular complexity index is 211. The first-order valence-electron chi connectivity index (χ1n) is 6.53. The quantitative estimate of drug-likeness (QED) is 0.697. The summed E-state index contributed by atoms with van der Waals surface area (Å²) in [6.07, 6.45) is 8.66. The molecule has 0 aromatic carbocycles. The van der Waals surface area contributed by atoms with E-state index in [9.17, 15) is 4.79 Å². The zero-order valence-electron chi connectivity index (χ0n) is 9.87. The number of ketones is 1. The zero-order chi connectivity index (χ0) is 10.7. The Morgan fingerprint density at radius 2 is 1.73 bits per heavy atom. The van der Waals surface area contributed by atoms with Gasteiger partial charge >= 0.3 is 0 Å². The second-order valence-electron chi connectivity index (χ2n) is 5.21. The molecular formula is C13H23NO. The van der Waals surface area contributed by atoms with Crippen molar-refractivity contribution in [3.63, 3.8) is 0 Å². The van der Waals surface area contributed by atoms with Crippen LogP contribution in [0.2, 0.25) is 0 Å². The predicted octanol–water partition coefficient (Wildman–Crippen LogP) is 2.62. The second-order valence-corrected chi connectivity index (χ2v) is 5.21. The minimum absolute atomic E-state index is 0.460. The first-order chi connectivity index (χ1) is 7.27. The van der Waals surface area contributed by atoms with E-state index in [1.54, 1.807) is 0 Å². The van der Waals surface area contributed by atoms with Crippen molar-refractivity contribution < 1.29 is 4.79 Å². The maximum absolute atomic E-state index is 11.2. The summed E-state index contributed by atoms with van der Waals surface area (Å²) in [6, 6.07) is 0.707. The van der Waals surface area contributed by atoms with Crippen molar-refractivity contribution >= 4 is 5.78 Å². The van der Waals surface area contributed by atoms with Crippen LogP contribution in [0.5, 0.6) is 0 Å². The van der Waals surface area contributed by atoms with E-state index in [1.807, 2.05) is 0 Å². The van der Waals surface area contributed by atoms with Crippen LogP contribution in [0.25, 0.3) is 0 Å². The zero-order valence-corrected chi connectivity index (χ0v) is 9.87. The van der Waals surface area contributed by atoms with E-state index in [-0.39, 0.29) is 0 Å². The molecule has 1 heterocycles. The Morgan fingerprint density at radius 1 is 1.13 bits per heavy atom. The number of Topliss-reactive ketones (excluding diaryl/α,β-unsaturated/α-hetero) is 1. The van der Waals surface area contributed by atoms with E-state index in [1.165, 1.54) is 32.1 Å². The van der Waals surface area contributed by atoms with E-state index in [4.69, 9.17) is 0 Å². The van der Waals surface area contributed by atoms with Gasteiger partial charge in [-0.1, -0.05) is 19.3 Å². The number of nitrogens with zero attached hydrogens (tertiary/aromatic N) is 1. The smallest absolute Gasteiger partial charge is 0.135 e. The lowest BCUT2D eigenvalue weighted by atomic mass is 9.83. The summed E-state index contributed by atoms with van der Waals surface area (Å²) in [5.41, 5.74) is 0. The molecule has 2 nitrogen and oxygen atoms in total. The molecule has 0 bridgehead atoms. The summed E-state index contributed by atoms with van der Waals surface area (Å²) >= 11 is 0. The fourth-order valence-corrected chi connectivity index (χ4v) is 3.10. The molecule has 1 unspecified atom stereocenters. The molecule has 0 radical (unpaired) electrons. The van der Waals surface area contributed by atoms with Crippen LogP contribution in [0.4, 0.5) is 0 Å². The molecular weight excluding hydrogens is 186 g/mol. The van der Waals surface area contributed by atoms with Gasteiger partial charge in [-0.15, -0.1) is 0 Å². The first-order valence-corrected chi connectivity index (χ1v) is 6.53. The van der Waals surface area contributed by atoms with Crippen LogP contribution >= 0.6 is 0 Å².